The minimum atomic E-state index is -0.244. The lowest BCUT2D eigenvalue weighted by Crippen LogP contribution is -2.32. The summed E-state index contributed by atoms with van der Waals surface area (Å²) in [6.45, 7) is -0.155. The van der Waals surface area contributed by atoms with Gasteiger partial charge in [-0.05, 0) is 42.5 Å². The van der Waals surface area contributed by atoms with E-state index in [0.717, 1.165) is 6.42 Å². The largest absolute Gasteiger partial charge is 0.497 e. The maximum absolute atomic E-state index is 13.0. The Kier molecular flexibility index (Phi) is 4.42. The molecule has 152 valence electrons. The number of hydrogen-bond donors (Lipinski definition) is 0. The molecule has 6 heteroatoms. The van der Waals surface area contributed by atoms with Gasteiger partial charge < -0.3 is 9.47 Å². The number of anilines is 1. The van der Waals surface area contributed by atoms with E-state index >= 15 is 0 Å². The number of ketones is 1. The molecule has 1 aliphatic heterocycles. The van der Waals surface area contributed by atoms with Gasteiger partial charge in [0.15, 0.2) is 12.4 Å². The summed E-state index contributed by atoms with van der Waals surface area (Å²) in [6, 6.07) is 13.7. The number of allylic oxidation sites excluding steroid dienone is 2. The van der Waals surface area contributed by atoms with Crippen molar-refractivity contribution in [3.63, 3.8) is 0 Å². The van der Waals surface area contributed by atoms with Crippen molar-refractivity contribution in [3.05, 3.63) is 66.2 Å². The first-order valence-corrected chi connectivity index (χ1v) is 10.0. The number of nitrogens with zero attached hydrogens (tertiary/aromatic N) is 1. The molecular formula is C24H21NO5. The number of amides is 2. The Hall–Kier alpha value is -3.41. The number of Topliss-reactive ketones (excluding diaryl/α,β-unsaturated/α-hetero) is 1. The zero-order valence-electron chi connectivity index (χ0n) is 16.5. The molecule has 0 radical (unpaired) electrons. The molecule has 2 bridgehead atoms. The predicted molar refractivity (Wildman–Crippen MR) is 109 cm³/mol. The Morgan fingerprint density at radius 3 is 2.33 bits per heavy atom. The molecule has 0 N–H and O–H groups in total. The number of carbonyl (C=O) groups excluding carboxylic acids is 3. The molecule has 0 spiro atoms. The van der Waals surface area contributed by atoms with E-state index in [2.05, 4.69) is 12.2 Å². The number of fused-ring (bicyclic) bond motifs is 5. The van der Waals surface area contributed by atoms with Crippen molar-refractivity contribution in [1.82, 2.24) is 0 Å². The molecule has 1 heterocycles. The quantitative estimate of drug-likeness (QED) is 0.421. The van der Waals surface area contributed by atoms with Crippen LogP contribution in [0, 0.1) is 23.7 Å². The fourth-order valence-electron chi connectivity index (χ4n) is 4.90. The molecular weight excluding hydrogens is 382 g/mol. The highest BCUT2D eigenvalue weighted by molar-refractivity contribution is 6.22. The second-order valence-electron chi connectivity index (χ2n) is 7.95. The van der Waals surface area contributed by atoms with Crippen LogP contribution in [0.3, 0.4) is 0 Å². The lowest BCUT2D eigenvalue weighted by atomic mass is 9.85. The first-order chi connectivity index (χ1) is 14.6. The zero-order chi connectivity index (χ0) is 20.8. The molecule has 4 atom stereocenters. The molecule has 2 fully saturated rings. The summed E-state index contributed by atoms with van der Waals surface area (Å²) in [5.74, 6) is 0.425. The monoisotopic (exact) mass is 403 g/mol. The normalized spacial score (nSPS) is 26.2. The topological polar surface area (TPSA) is 72.9 Å². The highest BCUT2D eigenvalue weighted by Gasteiger charge is 2.59. The van der Waals surface area contributed by atoms with Crippen molar-refractivity contribution in [3.8, 4) is 11.5 Å². The Balaban J connectivity index is 1.31. The highest BCUT2D eigenvalue weighted by Crippen LogP contribution is 2.53. The Labute approximate surface area is 174 Å². The van der Waals surface area contributed by atoms with E-state index in [1.807, 2.05) is 0 Å². The van der Waals surface area contributed by atoms with E-state index < -0.39 is 0 Å². The van der Waals surface area contributed by atoms with Crippen LogP contribution in [0.25, 0.3) is 0 Å². The van der Waals surface area contributed by atoms with Gasteiger partial charge in [-0.2, -0.15) is 0 Å². The minimum Gasteiger partial charge on any atom is -0.497 e. The summed E-state index contributed by atoms with van der Waals surface area (Å²) in [6.07, 6.45) is 5.05. The van der Waals surface area contributed by atoms with Gasteiger partial charge in [-0.15, -0.1) is 0 Å². The summed E-state index contributed by atoms with van der Waals surface area (Å²) in [7, 11) is 1.54. The van der Waals surface area contributed by atoms with Crippen molar-refractivity contribution < 1.29 is 23.9 Å². The van der Waals surface area contributed by atoms with Crippen molar-refractivity contribution >= 4 is 23.3 Å². The van der Waals surface area contributed by atoms with Crippen molar-refractivity contribution in [2.24, 2.45) is 23.7 Å². The molecule has 2 amide bonds. The third-order valence-corrected chi connectivity index (χ3v) is 6.31. The molecule has 1 saturated heterocycles. The van der Waals surface area contributed by atoms with Crippen LogP contribution in [0.4, 0.5) is 5.69 Å². The second kappa shape index (κ2) is 7.13. The van der Waals surface area contributed by atoms with Crippen LogP contribution in [0.5, 0.6) is 11.5 Å². The Morgan fingerprint density at radius 2 is 1.63 bits per heavy atom. The van der Waals surface area contributed by atoms with Crippen LogP contribution in [0.15, 0.2) is 60.7 Å². The summed E-state index contributed by atoms with van der Waals surface area (Å²) < 4.78 is 10.8. The van der Waals surface area contributed by atoms with Gasteiger partial charge in [0.05, 0.1) is 24.6 Å². The Bertz CT molecular complexity index is 1040. The second-order valence-corrected chi connectivity index (χ2v) is 7.95. The summed E-state index contributed by atoms with van der Waals surface area (Å²) in [4.78, 5) is 39.7. The van der Waals surface area contributed by atoms with E-state index in [4.69, 9.17) is 9.47 Å². The molecule has 2 aromatic rings. The molecule has 6 nitrogen and oxygen atoms in total. The zero-order valence-corrected chi connectivity index (χ0v) is 16.5. The van der Waals surface area contributed by atoms with E-state index in [-0.39, 0.29) is 47.9 Å². The van der Waals surface area contributed by atoms with Gasteiger partial charge in [0.1, 0.15) is 11.5 Å². The average Bonchev–Trinajstić information content (AvgIpc) is 3.46. The van der Waals surface area contributed by atoms with E-state index in [0.29, 0.717) is 22.7 Å². The van der Waals surface area contributed by atoms with Gasteiger partial charge in [0.2, 0.25) is 11.8 Å². The number of rotatable bonds is 6. The van der Waals surface area contributed by atoms with Gasteiger partial charge in [0.25, 0.3) is 0 Å². The fraction of sp³-hybridized carbons (Fsp3) is 0.292. The first kappa shape index (κ1) is 18.6. The maximum Gasteiger partial charge on any atom is 0.238 e. The highest BCUT2D eigenvalue weighted by atomic mass is 16.5. The smallest absolute Gasteiger partial charge is 0.238 e. The maximum atomic E-state index is 13.0. The summed E-state index contributed by atoms with van der Waals surface area (Å²) in [5, 5.41) is 0. The standard InChI is InChI=1S/C24H21NO5/c1-29-18-6-2-4-14(11-18)20(26)13-30-19-7-3-5-17(12-19)25-23(27)21-15-8-9-16(10-15)22(21)24(25)28/h2-9,11-12,15-16,21-22H,10,13H2,1H3/t15-,16+,21-,22+. The third kappa shape index (κ3) is 2.91. The van der Waals surface area contributed by atoms with Gasteiger partial charge >= 0.3 is 0 Å². The van der Waals surface area contributed by atoms with Crippen molar-refractivity contribution in [1.29, 1.82) is 0 Å². The lowest BCUT2D eigenvalue weighted by molar-refractivity contribution is -0.123. The average molecular weight is 403 g/mol. The number of hydrogen-bond acceptors (Lipinski definition) is 5. The molecule has 2 aliphatic carbocycles. The Morgan fingerprint density at radius 1 is 0.967 bits per heavy atom. The van der Waals surface area contributed by atoms with Crippen molar-refractivity contribution in [2.75, 3.05) is 18.6 Å². The van der Waals surface area contributed by atoms with E-state index in [1.54, 1.807) is 55.6 Å². The molecule has 0 aromatic heterocycles. The van der Waals surface area contributed by atoms with Crippen LogP contribution in [-0.4, -0.2) is 31.3 Å². The number of carbonyl (C=O) groups is 3. The predicted octanol–water partition coefficient (Wildman–Crippen LogP) is 3.27. The minimum absolute atomic E-state index is 0.133. The molecule has 0 unspecified atom stereocenters. The number of benzene rings is 2. The summed E-state index contributed by atoms with van der Waals surface area (Å²) >= 11 is 0. The van der Waals surface area contributed by atoms with Crippen molar-refractivity contribution in [2.45, 2.75) is 6.42 Å². The van der Waals surface area contributed by atoms with Crippen LogP contribution < -0.4 is 14.4 Å². The van der Waals surface area contributed by atoms with Crippen LogP contribution in [-0.2, 0) is 9.59 Å². The van der Waals surface area contributed by atoms with Gasteiger partial charge in [-0.3, -0.25) is 14.4 Å². The fourth-order valence-corrected chi connectivity index (χ4v) is 4.90. The molecule has 1 saturated carbocycles. The molecule has 2 aromatic carbocycles. The van der Waals surface area contributed by atoms with Crippen LogP contribution in [0.1, 0.15) is 16.8 Å². The number of ether oxygens (including phenoxy) is 2. The van der Waals surface area contributed by atoms with Gasteiger partial charge in [-0.25, -0.2) is 4.90 Å². The van der Waals surface area contributed by atoms with Crippen LogP contribution >= 0.6 is 0 Å². The molecule has 30 heavy (non-hydrogen) atoms. The summed E-state index contributed by atoms with van der Waals surface area (Å²) in [5.41, 5.74) is 0.983. The van der Waals surface area contributed by atoms with Gasteiger partial charge in [-0.1, -0.05) is 30.4 Å². The molecule has 3 aliphatic rings. The number of methoxy groups -OCH3 is 1. The number of imide groups is 1. The SMILES string of the molecule is COc1cccc(C(=O)COc2cccc(N3C(=O)[C@@H]4[C@H](C3=O)[C@@H]3C=C[C@H]4C3)c2)c1. The lowest BCUT2D eigenvalue weighted by Gasteiger charge is -2.18. The molecule has 5 rings (SSSR count). The van der Waals surface area contributed by atoms with E-state index in [1.165, 1.54) is 4.90 Å². The van der Waals surface area contributed by atoms with E-state index in [9.17, 15) is 14.4 Å². The first-order valence-electron chi connectivity index (χ1n) is 10.0. The third-order valence-electron chi connectivity index (χ3n) is 6.31. The van der Waals surface area contributed by atoms with Gasteiger partial charge in [0, 0.05) is 11.6 Å². The van der Waals surface area contributed by atoms with Crippen LogP contribution in [0.2, 0.25) is 0 Å².